The quantitative estimate of drug-likeness (QED) is 0.0110. The van der Waals surface area contributed by atoms with Gasteiger partial charge in [0.05, 0.1) is 58.7 Å². The molecule has 3 aromatic heterocycles. The summed E-state index contributed by atoms with van der Waals surface area (Å²) in [4.78, 5) is 99.5. The molecule has 36 nitrogen and oxygen atoms in total. The molecule has 0 bridgehead atoms. The summed E-state index contributed by atoms with van der Waals surface area (Å²) in [5, 5.41) is 63.2. The molecule has 6 rings (SSSR count). The summed E-state index contributed by atoms with van der Waals surface area (Å²) < 4.78 is 87.8. The lowest BCUT2D eigenvalue weighted by Gasteiger charge is -2.28. The van der Waals surface area contributed by atoms with Crippen LogP contribution in [0.1, 0.15) is 442 Å². The minimum atomic E-state index is -4.39. The predicted molar refractivity (Wildman–Crippen MR) is 567 cm³/mol. The third-order valence-corrected chi connectivity index (χ3v) is 29.0. The van der Waals surface area contributed by atoms with Crippen LogP contribution in [0, 0.1) is 0 Å². The van der Waals surface area contributed by atoms with Crippen LogP contribution in [0.4, 0.5) is 17.5 Å². The molecule has 0 spiro atoms. The van der Waals surface area contributed by atoms with Crippen LogP contribution in [-0.2, 0) is 55.0 Å². The van der Waals surface area contributed by atoms with E-state index in [0.29, 0.717) is 19.3 Å². The Hall–Kier alpha value is -4.98. The molecule has 6 unspecified atom stereocenters. The monoisotopic (exact) mass is 2090 g/mol. The van der Waals surface area contributed by atoms with Gasteiger partial charge in [0, 0.05) is 56.9 Å². The first-order valence-corrected chi connectivity index (χ1v) is 60.0. The molecule has 0 amide bonds. The Labute approximate surface area is 856 Å². The van der Waals surface area contributed by atoms with E-state index in [2.05, 4.69) is 83.3 Å². The van der Waals surface area contributed by atoms with E-state index in [-0.39, 0.29) is 49.4 Å². The zero-order valence-corrected chi connectivity index (χ0v) is 92.1. The minimum Gasteiger partial charge on any atom is -0.387 e. The van der Waals surface area contributed by atoms with Crippen LogP contribution in [-0.4, -0.2) is 241 Å². The summed E-state index contributed by atoms with van der Waals surface area (Å²) >= 11 is 0. The van der Waals surface area contributed by atoms with Crippen LogP contribution in [0.3, 0.4) is 0 Å². The van der Waals surface area contributed by atoms with E-state index in [4.69, 9.17) is 41.4 Å². The van der Waals surface area contributed by atoms with Gasteiger partial charge in [0.1, 0.15) is 54.9 Å². The topological polar surface area (TPSA) is 468 Å². The van der Waals surface area contributed by atoms with Crippen LogP contribution in [0.5, 0.6) is 0 Å². The first kappa shape index (κ1) is 130. The number of aliphatic imine (C=N–C) groups is 3. The summed E-state index contributed by atoms with van der Waals surface area (Å²) in [7, 11) is -13.2. The van der Waals surface area contributed by atoms with Crippen molar-refractivity contribution in [3.63, 3.8) is 0 Å². The standard InChI is InChI=1S/C36H67N4O8P.2C34H63N4O8P/c1-4-7-10-11-12-13-14-15-16-17-18-19-20-21-22-23-28-46-49(44,45)47-29-31-33(41)34(42)35(48-31)40-27-24-32(38-36(40)43)37-30-39(25-8-5-2)26-9-6-3;1-6-7-8-9-10-11-12-13-14-15-16-17-18-19-20-21-24-44-47(42,43)45-25-29-31(39)32(40)33(46-29)37-23-22-30(36-34(37)41)35-26-38(27(2)3)28(4)5;1-4-7-8-9-10-11-12-13-14-15-16-17-18-19-20-21-26-44-47(42,43)45-27-29-31(39)32(40)33(46-29)38-25-22-30(36-34(38)41)35-28-37(23-5-2)24-6-3/h24,27,30-31,33-35,41-42H,4-23,25-26,28-29H2,1-3H3,(H,44,45);22-23,26-29,31-33,39-40H,6-21,24-25H2,1-5H3,(H,42,43);22,25,28-29,31-33,39-40H,4-21,23-24,26-27H2,1-3H3,(H,42,43)/t31-,33+,34?,35-;2*29-,31+,32?,33-/m111/s1. The summed E-state index contributed by atoms with van der Waals surface area (Å²) in [6, 6.07) is 4.95. The number of aliphatic hydroxyl groups is 6. The lowest BCUT2D eigenvalue weighted by molar-refractivity contribution is -0.0551. The fourth-order valence-electron chi connectivity index (χ4n) is 17.4. The molecule has 6 heterocycles. The van der Waals surface area contributed by atoms with Gasteiger partial charge in [-0.25, -0.2) is 43.1 Å². The van der Waals surface area contributed by atoms with Crippen molar-refractivity contribution in [2.75, 3.05) is 65.8 Å². The van der Waals surface area contributed by atoms with Crippen molar-refractivity contribution >= 4 is 59.9 Å². The first-order chi connectivity index (χ1) is 68.9. The molecule has 3 aliphatic heterocycles. The number of ether oxygens (including phenoxy) is 3. The van der Waals surface area contributed by atoms with Crippen LogP contribution in [0.15, 0.2) is 66.2 Å². The maximum absolute atomic E-state index is 12.8. The maximum atomic E-state index is 12.8. The smallest absolute Gasteiger partial charge is 0.387 e. The molecular weight excluding hydrogens is 1890 g/mol. The number of aromatic nitrogens is 6. The lowest BCUT2D eigenvalue weighted by atomic mass is 10.0. The molecule has 9 N–H and O–H groups in total. The van der Waals surface area contributed by atoms with Gasteiger partial charge in [0.15, 0.2) is 36.1 Å². The Kier molecular flexibility index (Phi) is 72.1. The summed E-state index contributed by atoms with van der Waals surface area (Å²) in [5.41, 5.74) is -2.16. The van der Waals surface area contributed by atoms with Crippen LogP contribution < -0.4 is 17.1 Å². The molecular formula is C104H193N12O24P3. The average Bonchev–Trinajstić information content (AvgIpc) is 1.67. The highest BCUT2D eigenvalue weighted by Gasteiger charge is 2.48. The Morgan fingerprint density at radius 3 is 0.727 bits per heavy atom. The number of hydrogen-bond acceptors (Lipinski definition) is 27. The number of aliphatic hydroxyl groups excluding tert-OH is 6. The molecule has 0 saturated carbocycles. The molecule has 0 aliphatic carbocycles. The van der Waals surface area contributed by atoms with Crippen molar-refractivity contribution in [1.82, 2.24) is 43.4 Å². The molecule has 3 fully saturated rings. The van der Waals surface area contributed by atoms with E-state index in [1.165, 1.54) is 268 Å². The van der Waals surface area contributed by atoms with Crippen molar-refractivity contribution in [1.29, 1.82) is 0 Å². The van der Waals surface area contributed by atoms with Gasteiger partial charge in [-0.1, -0.05) is 350 Å². The first-order valence-electron chi connectivity index (χ1n) is 55.5. The molecule has 828 valence electrons. The number of nitrogens with zero attached hydrogens (tertiary/aromatic N) is 12. The molecule has 0 radical (unpaired) electrons. The molecule has 39 heteroatoms. The van der Waals surface area contributed by atoms with Crippen molar-refractivity contribution in [3.05, 3.63) is 68.2 Å². The largest absolute Gasteiger partial charge is 0.472 e. The zero-order chi connectivity index (χ0) is 105. The Morgan fingerprint density at radius 2 is 0.517 bits per heavy atom. The van der Waals surface area contributed by atoms with Crippen molar-refractivity contribution in [2.24, 2.45) is 15.0 Å². The van der Waals surface area contributed by atoms with E-state index >= 15 is 0 Å². The maximum Gasteiger partial charge on any atom is 0.472 e. The number of phosphoric ester groups is 3. The number of unbranched alkanes of at least 4 members (excludes halogenated alkanes) is 47. The average molecular weight is 2090 g/mol. The van der Waals surface area contributed by atoms with Gasteiger partial charge < -0.3 is 74.2 Å². The summed E-state index contributed by atoms with van der Waals surface area (Å²) in [5.74, 6) is 0.613. The highest BCUT2D eigenvalue weighted by atomic mass is 31.2. The fourth-order valence-corrected chi connectivity index (χ4v) is 19.7. The van der Waals surface area contributed by atoms with Gasteiger partial charge in [-0.3, -0.25) is 40.8 Å². The minimum absolute atomic E-state index is 0.0769. The third kappa shape index (κ3) is 57.2. The van der Waals surface area contributed by atoms with Gasteiger partial charge in [0.25, 0.3) is 0 Å². The number of rotatable bonds is 84. The molecule has 3 aliphatic rings. The van der Waals surface area contributed by atoms with E-state index in [1.54, 1.807) is 19.0 Å². The molecule has 0 aromatic carbocycles. The zero-order valence-electron chi connectivity index (χ0n) is 89.4. The third-order valence-electron chi connectivity index (χ3n) is 26.1. The van der Waals surface area contributed by atoms with Crippen LogP contribution in [0.2, 0.25) is 0 Å². The molecule has 15 atom stereocenters. The number of hydrogen-bond donors (Lipinski definition) is 9. The van der Waals surface area contributed by atoms with Crippen molar-refractivity contribution in [2.45, 2.75) is 509 Å². The Balaban J connectivity index is 0.000000447. The Morgan fingerprint density at radius 1 is 0.308 bits per heavy atom. The predicted octanol–water partition coefficient (Wildman–Crippen LogP) is 21.9. The van der Waals surface area contributed by atoms with Gasteiger partial charge in [0.2, 0.25) is 0 Å². The second kappa shape index (κ2) is 79.1. The van der Waals surface area contributed by atoms with E-state index < -0.39 is 134 Å². The highest BCUT2D eigenvalue weighted by molar-refractivity contribution is 7.47. The van der Waals surface area contributed by atoms with Gasteiger partial charge in [-0.2, -0.15) is 15.0 Å². The fraction of sp³-hybridized carbons (Fsp3) is 0.856. The lowest BCUT2D eigenvalue weighted by Crippen LogP contribution is -2.36. The van der Waals surface area contributed by atoms with E-state index in [1.807, 2.05) is 37.5 Å². The van der Waals surface area contributed by atoms with Crippen LogP contribution in [0.25, 0.3) is 0 Å². The molecule has 3 aromatic rings. The second-order valence-corrected chi connectivity index (χ2v) is 43.8. The SMILES string of the molecule is CCCCCCCCCCCCCCCCCCOP(=O)(O)OC[C@H]1O[C@@H](n2ccc(N=CN(C(C)C)C(C)C)nc2=O)C(O)[C@H]1O.CCCCCCCCCCCCCCCCCCOP(=O)(O)OC[C@H]1O[C@@H](n2ccc(N=CN(CCC)CCC)nc2=O)C(O)[C@H]1O.CCCCCCCCCCCCCCCCCCOP(=O)(O)OC[C@H]1O[C@@H](n2ccc(N=CN(CCCC)CCCC)nc2=O)C(O)[C@H]1O. The molecule has 143 heavy (non-hydrogen) atoms. The van der Waals surface area contributed by atoms with Gasteiger partial charge in [-0.05, 0) is 90.8 Å². The van der Waals surface area contributed by atoms with Gasteiger partial charge in [-0.15, -0.1) is 0 Å². The van der Waals surface area contributed by atoms with E-state index in [0.717, 1.165) is 136 Å². The van der Waals surface area contributed by atoms with E-state index in [9.17, 15) is 73.4 Å². The normalized spacial score (nSPS) is 21.0. The Bertz CT molecular complexity index is 4120. The summed E-state index contributed by atoms with van der Waals surface area (Å²) in [6.07, 6.45) is 58.5. The van der Waals surface area contributed by atoms with Crippen LogP contribution >= 0.6 is 23.5 Å². The number of phosphoric acid groups is 3. The molecule has 3 saturated heterocycles. The van der Waals surface area contributed by atoms with Crippen molar-refractivity contribution < 1.29 is 100 Å². The summed E-state index contributed by atoms with van der Waals surface area (Å²) in [6.45, 7) is 25.4. The highest BCUT2D eigenvalue weighted by Crippen LogP contribution is 2.47. The van der Waals surface area contributed by atoms with Gasteiger partial charge >= 0.3 is 40.5 Å². The second-order valence-electron chi connectivity index (χ2n) is 39.4. The van der Waals surface area contributed by atoms with Crippen molar-refractivity contribution in [3.8, 4) is 0 Å².